The summed E-state index contributed by atoms with van der Waals surface area (Å²) < 4.78 is 5.19. The van der Waals surface area contributed by atoms with Gasteiger partial charge in [0.05, 0.1) is 12.3 Å². The highest BCUT2D eigenvalue weighted by Crippen LogP contribution is 2.36. The van der Waals surface area contributed by atoms with Gasteiger partial charge in [-0.1, -0.05) is 26.2 Å². The van der Waals surface area contributed by atoms with Gasteiger partial charge in [-0.25, -0.2) is 9.97 Å². The second-order valence-corrected chi connectivity index (χ2v) is 5.42. The smallest absolute Gasteiger partial charge is 0.134 e. The molecular formula is C15H25N3O. The van der Waals surface area contributed by atoms with E-state index in [9.17, 15) is 0 Å². The third-order valence-corrected chi connectivity index (χ3v) is 4.07. The molecule has 0 aromatic carbocycles. The van der Waals surface area contributed by atoms with Gasteiger partial charge in [0.15, 0.2) is 0 Å². The van der Waals surface area contributed by atoms with Crippen LogP contribution in [0.3, 0.4) is 0 Å². The molecule has 1 aromatic rings. The molecule has 0 spiro atoms. The van der Waals surface area contributed by atoms with Gasteiger partial charge in [-0.3, -0.25) is 0 Å². The first-order chi connectivity index (χ1) is 9.26. The molecule has 1 N–H and O–H groups in total. The van der Waals surface area contributed by atoms with Crippen molar-refractivity contribution in [2.45, 2.75) is 51.6 Å². The highest BCUT2D eigenvalue weighted by Gasteiger charge is 2.24. The lowest BCUT2D eigenvalue weighted by Gasteiger charge is -2.27. The van der Waals surface area contributed by atoms with Crippen LogP contribution in [0.1, 0.15) is 56.5 Å². The Kier molecular flexibility index (Phi) is 5.14. The molecule has 0 saturated heterocycles. The maximum Gasteiger partial charge on any atom is 0.134 e. The van der Waals surface area contributed by atoms with E-state index in [0.717, 1.165) is 23.3 Å². The molecule has 4 nitrogen and oxygen atoms in total. The monoisotopic (exact) mass is 263 g/mol. The first kappa shape index (κ1) is 14.3. The summed E-state index contributed by atoms with van der Waals surface area (Å²) in [6.45, 7) is 2.84. The van der Waals surface area contributed by atoms with Crippen molar-refractivity contribution >= 4 is 5.82 Å². The van der Waals surface area contributed by atoms with E-state index < -0.39 is 0 Å². The van der Waals surface area contributed by atoms with Gasteiger partial charge in [0.1, 0.15) is 11.6 Å². The maximum absolute atomic E-state index is 5.19. The normalized spacial score (nSPS) is 23.3. The minimum Gasteiger partial charge on any atom is -0.378 e. The fourth-order valence-electron chi connectivity index (χ4n) is 2.95. The van der Waals surface area contributed by atoms with Gasteiger partial charge in [-0.2, -0.15) is 0 Å². The van der Waals surface area contributed by atoms with Crippen LogP contribution in [0.2, 0.25) is 0 Å². The SMILES string of the molecule is CCC1CCCC(c2nc(COC)cc(NC)n2)C1. The van der Waals surface area contributed by atoms with Crippen LogP contribution in [-0.4, -0.2) is 24.1 Å². The van der Waals surface area contributed by atoms with Gasteiger partial charge in [0.25, 0.3) is 0 Å². The summed E-state index contributed by atoms with van der Waals surface area (Å²) in [5.74, 6) is 3.25. The molecule has 1 aliphatic rings. The quantitative estimate of drug-likeness (QED) is 0.885. The lowest BCUT2D eigenvalue weighted by Crippen LogP contribution is -2.17. The topological polar surface area (TPSA) is 47.0 Å². The molecule has 19 heavy (non-hydrogen) atoms. The van der Waals surface area contributed by atoms with Gasteiger partial charge in [-0.05, 0) is 18.8 Å². The van der Waals surface area contributed by atoms with E-state index in [0.29, 0.717) is 12.5 Å². The lowest BCUT2D eigenvalue weighted by molar-refractivity contribution is 0.181. The van der Waals surface area contributed by atoms with Crippen molar-refractivity contribution in [1.29, 1.82) is 0 Å². The van der Waals surface area contributed by atoms with E-state index in [-0.39, 0.29) is 0 Å². The molecule has 0 radical (unpaired) electrons. The Morgan fingerprint density at radius 1 is 1.37 bits per heavy atom. The minimum absolute atomic E-state index is 0.516. The summed E-state index contributed by atoms with van der Waals surface area (Å²) in [6, 6.07) is 1.97. The number of nitrogens with one attached hydrogen (secondary N) is 1. The molecule has 1 aliphatic carbocycles. The Bertz CT molecular complexity index is 408. The van der Waals surface area contributed by atoms with Crippen LogP contribution >= 0.6 is 0 Å². The third kappa shape index (κ3) is 3.66. The maximum atomic E-state index is 5.19. The summed E-state index contributed by atoms with van der Waals surface area (Å²) >= 11 is 0. The molecule has 1 fully saturated rings. The van der Waals surface area contributed by atoms with Crippen LogP contribution < -0.4 is 5.32 Å². The molecule has 0 amide bonds. The van der Waals surface area contributed by atoms with Crippen molar-refractivity contribution in [3.05, 3.63) is 17.6 Å². The van der Waals surface area contributed by atoms with Gasteiger partial charge >= 0.3 is 0 Å². The third-order valence-electron chi connectivity index (χ3n) is 4.07. The van der Waals surface area contributed by atoms with Crippen molar-refractivity contribution in [1.82, 2.24) is 9.97 Å². The first-order valence-electron chi connectivity index (χ1n) is 7.31. The van der Waals surface area contributed by atoms with Crippen molar-refractivity contribution in [2.75, 3.05) is 19.5 Å². The van der Waals surface area contributed by atoms with E-state index in [1.807, 2.05) is 13.1 Å². The van der Waals surface area contributed by atoms with Gasteiger partial charge in [0, 0.05) is 26.1 Å². The number of rotatable bonds is 5. The Balaban J connectivity index is 2.19. The molecule has 4 heteroatoms. The number of hydrogen-bond donors (Lipinski definition) is 1. The number of hydrogen-bond acceptors (Lipinski definition) is 4. The van der Waals surface area contributed by atoms with Crippen LogP contribution in [0.15, 0.2) is 6.07 Å². The molecule has 0 bridgehead atoms. The van der Waals surface area contributed by atoms with Gasteiger partial charge in [0.2, 0.25) is 0 Å². The fraction of sp³-hybridized carbons (Fsp3) is 0.733. The predicted octanol–water partition coefficient (Wildman–Crippen LogP) is 3.35. The largest absolute Gasteiger partial charge is 0.378 e. The first-order valence-corrected chi connectivity index (χ1v) is 7.31. The highest BCUT2D eigenvalue weighted by atomic mass is 16.5. The fourth-order valence-corrected chi connectivity index (χ4v) is 2.95. The summed E-state index contributed by atoms with van der Waals surface area (Å²) in [6.07, 6.45) is 6.39. The summed E-state index contributed by atoms with van der Waals surface area (Å²) in [7, 11) is 3.60. The highest BCUT2D eigenvalue weighted by molar-refractivity contribution is 5.35. The molecule has 2 atom stereocenters. The zero-order valence-electron chi connectivity index (χ0n) is 12.3. The molecule has 1 aromatic heterocycles. The summed E-state index contributed by atoms with van der Waals surface area (Å²) in [4.78, 5) is 9.34. The summed E-state index contributed by atoms with van der Waals surface area (Å²) in [5.41, 5.74) is 0.968. The van der Waals surface area contributed by atoms with E-state index in [2.05, 4.69) is 22.2 Å². The van der Waals surface area contributed by atoms with Crippen LogP contribution in [0, 0.1) is 5.92 Å². The number of aromatic nitrogens is 2. The Morgan fingerprint density at radius 2 is 2.21 bits per heavy atom. The molecule has 1 saturated carbocycles. The molecule has 1 heterocycles. The van der Waals surface area contributed by atoms with Gasteiger partial charge in [-0.15, -0.1) is 0 Å². The van der Waals surface area contributed by atoms with Crippen molar-refractivity contribution in [2.24, 2.45) is 5.92 Å². The zero-order valence-corrected chi connectivity index (χ0v) is 12.3. The van der Waals surface area contributed by atoms with Crippen molar-refractivity contribution in [3.8, 4) is 0 Å². The lowest BCUT2D eigenvalue weighted by atomic mass is 9.80. The number of nitrogens with zero attached hydrogens (tertiary/aromatic N) is 2. The van der Waals surface area contributed by atoms with E-state index in [1.54, 1.807) is 7.11 Å². The number of ether oxygens (including phenoxy) is 1. The van der Waals surface area contributed by atoms with Gasteiger partial charge < -0.3 is 10.1 Å². The van der Waals surface area contributed by atoms with Crippen LogP contribution in [0.4, 0.5) is 5.82 Å². The average molecular weight is 263 g/mol. The molecular weight excluding hydrogens is 238 g/mol. The van der Waals surface area contributed by atoms with E-state index in [4.69, 9.17) is 4.74 Å². The standard InChI is InChI=1S/C15H25N3O/c1-4-11-6-5-7-12(8-11)15-17-13(10-19-3)9-14(16-2)18-15/h9,11-12H,4-8,10H2,1-3H3,(H,16,17,18). The number of methoxy groups -OCH3 is 1. The van der Waals surface area contributed by atoms with Crippen LogP contribution in [0.25, 0.3) is 0 Å². The second kappa shape index (κ2) is 6.85. The average Bonchev–Trinajstić information content (AvgIpc) is 2.47. The zero-order chi connectivity index (χ0) is 13.7. The summed E-state index contributed by atoms with van der Waals surface area (Å²) in [5, 5.41) is 3.12. The van der Waals surface area contributed by atoms with E-state index >= 15 is 0 Å². The van der Waals surface area contributed by atoms with Crippen LogP contribution in [-0.2, 0) is 11.3 Å². The van der Waals surface area contributed by atoms with Crippen molar-refractivity contribution < 1.29 is 4.74 Å². The molecule has 0 aliphatic heterocycles. The Hall–Kier alpha value is -1.16. The van der Waals surface area contributed by atoms with Crippen molar-refractivity contribution in [3.63, 3.8) is 0 Å². The molecule has 2 rings (SSSR count). The van der Waals surface area contributed by atoms with E-state index in [1.165, 1.54) is 32.1 Å². The predicted molar refractivity (Wildman–Crippen MR) is 77.3 cm³/mol. The van der Waals surface area contributed by atoms with Crippen LogP contribution in [0.5, 0.6) is 0 Å². The Labute approximate surface area is 116 Å². The second-order valence-electron chi connectivity index (χ2n) is 5.42. The number of anilines is 1. The molecule has 106 valence electrons. The minimum atomic E-state index is 0.516. The Morgan fingerprint density at radius 3 is 2.89 bits per heavy atom. The molecule has 2 unspecified atom stereocenters.